The maximum atomic E-state index is 12.4. The van der Waals surface area contributed by atoms with Crippen LogP contribution in [0.15, 0.2) is 29.2 Å². The molecule has 0 saturated carbocycles. The standard InChI is InChI=1S/C15H23N3O3S.ClH/c1-16-11-12-7-9-18(10-8-12)15(19)13-3-5-14(6-4-13)22(20,21)17-2;/h3-6,12,16-17H,7-11H2,1-2H3;1H. The van der Waals surface area contributed by atoms with E-state index in [4.69, 9.17) is 0 Å². The molecule has 1 amide bonds. The van der Waals surface area contributed by atoms with Crippen LogP contribution in [0.25, 0.3) is 0 Å². The zero-order valence-corrected chi connectivity index (χ0v) is 15.0. The molecule has 0 aliphatic carbocycles. The lowest BCUT2D eigenvalue weighted by molar-refractivity contribution is 0.0691. The summed E-state index contributed by atoms with van der Waals surface area (Å²) in [6.07, 6.45) is 2.00. The fraction of sp³-hybridized carbons (Fsp3) is 0.533. The fourth-order valence-corrected chi connectivity index (χ4v) is 3.44. The molecule has 0 aromatic heterocycles. The topological polar surface area (TPSA) is 78.5 Å². The highest BCUT2D eigenvalue weighted by Gasteiger charge is 2.23. The lowest BCUT2D eigenvalue weighted by atomic mass is 9.96. The first-order valence-electron chi connectivity index (χ1n) is 7.45. The van der Waals surface area contributed by atoms with Gasteiger partial charge < -0.3 is 10.2 Å². The van der Waals surface area contributed by atoms with Crippen molar-refractivity contribution < 1.29 is 13.2 Å². The number of halogens is 1. The Bertz CT molecular complexity index is 611. The molecule has 8 heteroatoms. The van der Waals surface area contributed by atoms with Crippen LogP contribution in [0.5, 0.6) is 0 Å². The predicted molar refractivity (Wildman–Crippen MR) is 92.5 cm³/mol. The average molecular weight is 362 g/mol. The van der Waals surface area contributed by atoms with Gasteiger partial charge in [0.1, 0.15) is 0 Å². The first-order valence-corrected chi connectivity index (χ1v) is 8.93. The fourth-order valence-electron chi connectivity index (χ4n) is 2.71. The van der Waals surface area contributed by atoms with Crippen molar-refractivity contribution in [1.82, 2.24) is 14.9 Å². The van der Waals surface area contributed by atoms with E-state index in [0.717, 1.165) is 32.5 Å². The maximum Gasteiger partial charge on any atom is 0.253 e. The van der Waals surface area contributed by atoms with Gasteiger partial charge in [-0.1, -0.05) is 0 Å². The van der Waals surface area contributed by atoms with Gasteiger partial charge in [0.05, 0.1) is 4.90 Å². The zero-order valence-electron chi connectivity index (χ0n) is 13.4. The van der Waals surface area contributed by atoms with Gasteiger partial charge in [-0.15, -0.1) is 12.4 Å². The van der Waals surface area contributed by atoms with Gasteiger partial charge in [0.25, 0.3) is 5.91 Å². The minimum absolute atomic E-state index is 0. The number of rotatable bonds is 5. The number of sulfonamides is 1. The molecular formula is C15H24ClN3O3S. The number of nitrogens with zero attached hydrogens (tertiary/aromatic N) is 1. The molecule has 0 radical (unpaired) electrons. The first-order chi connectivity index (χ1) is 10.5. The van der Waals surface area contributed by atoms with Gasteiger partial charge in [-0.05, 0) is 63.7 Å². The number of piperidine rings is 1. The van der Waals surface area contributed by atoms with E-state index in [1.54, 1.807) is 12.1 Å². The number of benzene rings is 1. The van der Waals surface area contributed by atoms with Crippen molar-refractivity contribution in [3.63, 3.8) is 0 Å². The normalized spacial score (nSPS) is 16.0. The molecule has 1 aromatic carbocycles. The van der Waals surface area contributed by atoms with Crippen molar-refractivity contribution in [2.24, 2.45) is 5.92 Å². The van der Waals surface area contributed by atoms with E-state index in [-0.39, 0.29) is 23.2 Å². The SMILES string of the molecule is CNCC1CCN(C(=O)c2ccc(S(=O)(=O)NC)cc2)CC1.Cl. The van der Waals surface area contributed by atoms with Crippen LogP contribution in [0.1, 0.15) is 23.2 Å². The molecule has 130 valence electrons. The number of amides is 1. The molecule has 0 unspecified atom stereocenters. The Morgan fingerprint density at radius 1 is 1.17 bits per heavy atom. The van der Waals surface area contributed by atoms with Crippen LogP contribution < -0.4 is 10.0 Å². The number of likely N-dealkylation sites (tertiary alicyclic amines) is 1. The minimum Gasteiger partial charge on any atom is -0.339 e. The summed E-state index contributed by atoms with van der Waals surface area (Å²) in [5.74, 6) is 0.591. The van der Waals surface area contributed by atoms with Crippen molar-refractivity contribution in [3.05, 3.63) is 29.8 Å². The molecule has 0 spiro atoms. The summed E-state index contributed by atoms with van der Waals surface area (Å²) in [5, 5.41) is 3.17. The van der Waals surface area contributed by atoms with Gasteiger partial charge in [-0.2, -0.15) is 0 Å². The Morgan fingerprint density at radius 2 is 1.74 bits per heavy atom. The molecule has 0 bridgehead atoms. The van der Waals surface area contributed by atoms with Crippen LogP contribution in [-0.4, -0.2) is 53.0 Å². The minimum atomic E-state index is -3.46. The largest absolute Gasteiger partial charge is 0.339 e. The number of carbonyl (C=O) groups is 1. The van der Waals surface area contributed by atoms with Crippen LogP contribution in [0.3, 0.4) is 0 Å². The van der Waals surface area contributed by atoms with Gasteiger partial charge in [-0.3, -0.25) is 4.79 Å². The Hall–Kier alpha value is -1.15. The molecule has 2 N–H and O–H groups in total. The summed E-state index contributed by atoms with van der Waals surface area (Å²) < 4.78 is 25.6. The zero-order chi connectivity index (χ0) is 16.2. The number of nitrogens with one attached hydrogen (secondary N) is 2. The third kappa shape index (κ3) is 4.91. The molecule has 1 aromatic rings. The second-order valence-electron chi connectivity index (χ2n) is 5.53. The van der Waals surface area contributed by atoms with Gasteiger partial charge >= 0.3 is 0 Å². The molecule has 1 heterocycles. The summed E-state index contributed by atoms with van der Waals surface area (Å²) in [7, 11) is -0.153. The van der Waals surface area contributed by atoms with E-state index in [1.807, 2.05) is 11.9 Å². The van der Waals surface area contributed by atoms with Crippen LogP contribution in [0.2, 0.25) is 0 Å². The lowest BCUT2D eigenvalue weighted by Gasteiger charge is -2.32. The molecule has 23 heavy (non-hydrogen) atoms. The molecule has 0 atom stereocenters. The predicted octanol–water partition coefficient (Wildman–Crippen LogP) is 1.09. The Balaban J connectivity index is 0.00000264. The van der Waals surface area contributed by atoms with Crippen molar-refractivity contribution in [3.8, 4) is 0 Å². The summed E-state index contributed by atoms with van der Waals surface area (Å²) in [6, 6.07) is 6.08. The quantitative estimate of drug-likeness (QED) is 0.822. The molecule has 1 aliphatic heterocycles. The third-order valence-corrected chi connectivity index (χ3v) is 5.51. The van der Waals surface area contributed by atoms with E-state index >= 15 is 0 Å². The Morgan fingerprint density at radius 3 is 2.22 bits per heavy atom. The van der Waals surface area contributed by atoms with Gasteiger partial charge in [0.15, 0.2) is 0 Å². The van der Waals surface area contributed by atoms with E-state index in [1.165, 1.54) is 19.2 Å². The van der Waals surface area contributed by atoms with Crippen molar-refractivity contribution in [2.75, 3.05) is 33.7 Å². The average Bonchev–Trinajstić information content (AvgIpc) is 2.55. The molecule has 2 rings (SSSR count). The maximum absolute atomic E-state index is 12.4. The van der Waals surface area contributed by atoms with E-state index in [9.17, 15) is 13.2 Å². The third-order valence-electron chi connectivity index (χ3n) is 4.07. The highest BCUT2D eigenvalue weighted by atomic mass is 35.5. The van der Waals surface area contributed by atoms with Gasteiger partial charge in [0, 0.05) is 18.7 Å². The lowest BCUT2D eigenvalue weighted by Crippen LogP contribution is -2.40. The summed E-state index contributed by atoms with van der Waals surface area (Å²) >= 11 is 0. The smallest absolute Gasteiger partial charge is 0.253 e. The number of carbonyl (C=O) groups excluding carboxylic acids is 1. The summed E-state index contributed by atoms with van der Waals surface area (Å²) in [4.78, 5) is 14.4. The highest BCUT2D eigenvalue weighted by Crippen LogP contribution is 2.19. The molecule has 6 nitrogen and oxygen atoms in total. The van der Waals surface area contributed by atoms with Crippen molar-refractivity contribution in [1.29, 1.82) is 0 Å². The van der Waals surface area contributed by atoms with Crippen molar-refractivity contribution >= 4 is 28.3 Å². The highest BCUT2D eigenvalue weighted by molar-refractivity contribution is 7.89. The first kappa shape index (κ1) is 19.9. The van der Waals surface area contributed by atoms with Crippen LogP contribution >= 0.6 is 12.4 Å². The Kier molecular flexibility index (Phi) is 7.47. The van der Waals surface area contributed by atoms with Crippen molar-refractivity contribution in [2.45, 2.75) is 17.7 Å². The second kappa shape index (κ2) is 8.63. The van der Waals surface area contributed by atoms with Crippen LogP contribution in [0.4, 0.5) is 0 Å². The van der Waals surface area contributed by atoms with E-state index < -0.39 is 10.0 Å². The second-order valence-corrected chi connectivity index (χ2v) is 7.41. The molecule has 1 aliphatic rings. The van der Waals surface area contributed by atoms with Crippen LogP contribution in [0, 0.1) is 5.92 Å². The van der Waals surface area contributed by atoms with Gasteiger partial charge in [0.2, 0.25) is 10.0 Å². The summed E-state index contributed by atoms with van der Waals surface area (Å²) in [6.45, 7) is 2.49. The molecule has 1 fully saturated rings. The molecule has 1 saturated heterocycles. The van der Waals surface area contributed by atoms with Crippen LogP contribution in [-0.2, 0) is 10.0 Å². The Labute approximate surface area is 144 Å². The monoisotopic (exact) mass is 361 g/mol. The number of hydrogen-bond acceptors (Lipinski definition) is 4. The van der Waals surface area contributed by atoms with Gasteiger partial charge in [-0.25, -0.2) is 13.1 Å². The summed E-state index contributed by atoms with van der Waals surface area (Å²) in [5.41, 5.74) is 0.530. The van der Waals surface area contributed by atoms with E-state index in [0.29, 0.717) is 11.5 Å². The van der Waals surface area contributed by atoms with E-state index in [2.05, 4.69) is 10.0 Å². The number of hydrogen-bond donors (Lipinski definition) is 2. The molecular weight excluding hydrogens is 338 g/mol.